The number of aliphatic hydroxyl groups excluding tert-OH is 1. The van der Waals surface area contributed by atoms with Crippen molar-refractivity contribution < 1.29 is 18.6 Å². The molecule has 4 aromatic rings. The predicted molar refractivity (Wildman–Crippen MR) is 123 cm³/mol. The van der Waals surface area contributed by atoms with Crippen LogP contribution in [0.2, 0.25) is 0 Å². The average Bonchev–Trinajstić information content (AvgIpc) is 3.31. The minimum atomic E-state index is -0.356. The Hall–Kier alpha value is -3.65. The van der Waals surface area contributed by atoms with Gasteiger partial charge in [-0.25, -0.2) is 18.7 Å². The predicted octanol–water partition coefficient (Wildman–Crippen LogP) is 5.80. The van der Waals surface area contributed by atoms with Gasteiger partial charge in [0.2, 0.25) is 0 Å². The van der Waals surface area contributed by atoms with Crippen LogP contribution in [0.25, 0.3) is 22.6 Å². The van der Waals surface area contributed by atoms with Gasteiger partial charge in [-0.2, -0.15) is 4.98 Å². The highest BCUT2D eigenvalue weighted by Crippen LogP contribution is 2.38. The van der Waals surface area contributed by atoms with E-state index in [9.17, 15) is 13.9 Å². The minimum Gasteiger partial charge on any atom is -0.424 e. The topological polar surface area (TPSA) is 73.1 Å². The van der Waals surface area contributed by atoms with Gasteiger partial charge < -0.3 is 14.4 Å². The SMILES string of the molecule is OC[C@H]1CC[C@H](n2cnc(-c3ccc(F)cc3)c2-c2ccnc(Oc3ccc(F)cc3)n2)CC1. The number of nitrogens with zero attached hydrogens (tertiary/aromatic N) is 4. The second kappa shape index (κ2) is 9.69. The van der Waals surface area contributed by atoms with E-state index >= 15 is 0 Å². The molecular formula is C26H24F2N4O2. The van der Waals surface area contributed by atoms with Crippen LogP contribution >= 0.6 is 0 Å². The van der Waals surface area contributed by atoms with Gasteiger partial charge in [0, 0.05) is 24.4 Å². The van der Waals surface area contributed by atoms with Crippen LogP contribution in [0.4, 0.5) is 8.78 Å². The first kappa shape index (κ1) is 22.2. The van der Waals surface area contributed by atoms with Crippen molar-refractivity contribution in [1.82, 2.24) is 19.5 Å². The van der Waals surface area contributed by atoms with Crippen molar-refractivity contribution in [3.8, 4) is 34.4 Å². The molecule has 0 spiro atoms. The second-order valence-corrected chi connectivity index (χ2v) is 8.49. The first-order valence-corrected chi connectivity index (χ1v) is 11.3. The zero-order valence-corrected chi connectivity index (χ0v) is 18.4. The van der Waals surface area contributed by atoms with Gasteiger partial charge in [0.15, 0.2) is 0 Å². The number of aromatic nitrogens is 4. The minimum absolute atomic E-state index is 0.130. The number of imidazole rings is 1. The van der Waals surface area contributed by atoms with E-state index < -0.39 is 0 Å². The van der Waals surface area contributed by atoms with E-state index in [1.165, 1.54) is 36.4 Å². The standard InChI is InChI=1S/C26H24F2N4O2/c27-19-5-3-18(4-6-19)24-25(32(16-30-24)21-9-1-17(15-33)2-10-21)23-13-14-29-26(31-23)34-22-11-7-20(28)8-12-22/h3-8,11-14,16-17,21,33H,1-2,9-10,15H2/t17-,21-. The summed E-state index contributed by atoms with van der Waals surface area (Å²) in [5.41, 5.74) is 2.88. The van der Waals surface area contributed by atoms with Gasteiger partial charge in [-0.05, 0) is 86.2 Å². The van der Waals surface area contributed by atoms with E-state index in [0.717, 1.165) is 36.9 Å². The van der Waals surface area contributed by atoms with Crippen LogP contribution in [0, 0.1) is 17.6 Å². The Bertz CT molecular complexity index is 1250. The fourth-order valence-corrected chi connectivity index (χ4v) is 4.45. The molecule has 0 aliphatic heterocycles. The lowest BCUT2D eigenvalue weighted by molar-refractivity contribution is 0.169. The average molecular weight is 463 g/mol. The molecule has 2 aromatic carbocycles. The summed E-state index contributed by atoms with van der Waals surface area (Å²) in [6.07, 6.45) is 7.12. The lowest BCUT2D eigenvalue weighted by Gasteiger charge is -2.29. The summed E-state index contributed by atoms with van der Waals surface area (Å²) in [7, 11) is 0. The molecule has 0 unspecified atom stereocenters. The molecule has 2 heterocycles. The summed E-state index contributed by atoms with van der Waals surface area (Å²) in [5.74, 6) is 0.0811. The van der Waals surface area contributed by atoms with Gasteiger partial charge in [-0.1, -0.05) is 0 Å². The van der Waals surface area contributed by atoms with Crippen molar-refractivity contribution >= 4 is 0 Å². The molecule has 5 rings (SSSR count). The van der Waals surface area contributed by atoms with E-state index in [1.54, 1.807) is 30.7 Å². The third kappa shape index (κ3) is 4.68. The molecule has 0 atom stereocenters. The molecule has 0 bridgehead atoms. The van der Waals surface area contributed by atoms with Crippen molar-refractivity contribution in [3.05, 3.63) is 78.8 Å². The Morgan fingerprint density at radius 1 is 0.882 bits per heavy atom. The summed E-state index contributed by atoms with van der Waals surface area (Å²) in [5, 5.41) is 9.52. The van der Waals surface area contributed by atoms with E-state index in [4.69, 9.17) is 4.74 Å². The fourth-order valence-electron chi connectivity index (χ4n) is 4.45. The normalized spacial score (nSPS) is 18.1. The molecule has 6 nitrogen and oxygen atoms in total. The van der Waals surface area contributed by atoms with E-state index in [0.29, 0.717) is 23.1 Å². The molecule has 1 N–H and O–H groups in total. The summed E-state index contributed by atoms with van der Waals surface area (Å²) in [6, 6.07) is 14.0. The summed E-state index contributed by atoms with van der Waals surface area (Å²) in [6.45, 7) is 0.209. The number of rotatable bonds is 6. The molecule has 0 radical (unpaired) electrons. The van der Waals surface area contributed by atoms with Gasteiger partial charge >= 0.3 is 6.01 Å². The lowest BCUT2D eigenvalue weighted by Crippen LogP contribution is -2.20. The smallest absolute Gasteiger partial charge is 0.322 e. The molecule has 8 heteroatoms. The molecule has 1 fully saturated rings. The molecule has 34 heavy (non-hydrogen) atoms. The van der Waals surface area contributed by atoms with Gasteiger partial charge in [0.1, 0.15) is 17.4 Å². The largest absolute Gasteiger partial charge is 0.424 e. The molecular weight excluding hydrogens is 438 g/mol. The number of ether oxygens (including phenoxy) is 1. The maximum absolute atomic E-state index is 13.6. The van der Waals surface area contributed by atoms with Crippen molar-refractivity contribution in [2.75, 3.05) is 6.61 Å². The maximum Gasteiger partial charge on any atom is 0.322 e. The van der Waals surface area contributed by atoms with E-state index in [-0.39, 0.29) is 30.3 Å². The van der Waals surface area contributed by atoms with Crippen molar-refractivity contribution in [2.45, 2.75) is 31.7 Å². The molecule has 174 valence electrons. The summed E-state index contributed by atoms with van der Waals surface area (Å²) >= 11 is 0. The van der Waals surface area contributed by atoms with E-state index in [1.807, 2.05) is 0 Å². The van der Waals surface area contributed by atoms with Crippen LogP contribution in [0.15, 0.2) is 67.1 Å². The number of benzene rings is 2. The number of halogens is 2. The Balaban J connectivity index is 1.54. The van der Waals surface area contributed by atoms with E-state index in [2.05, 4.69) is 19.5 Å². The Morgan fingerprint density at radius 2 is 1.56 bits per heavy atom. The highest BCUT2D eigenvalue weighted by atomic mass is 19.1. The Labute approximate surface area is 195 Å². The number of hydrogen-bond acceptors (Lipinski definition) is 5. The van der Waals surface area contributed by atoms with Crippen LogP contribution in [-0.2, 0) is 0 Å². The lowest BCUT2D eigenvalue weighted by atomic mass is 9.86. The quantitative estimate of drug-likeness (QED) is 0.392. The Kier molecular flexibility index (Phi) is 6.31. The van der Waals surface area contributed by atoms with Gasteiger partial charge in [0.25, 0.3) is 0 Å². The zero-order valence-electron chi connectivity index (χ0n) is 18.4. The highest BCUT2D eigenvalue weighted by molar-refractivity contribution is 5.77. The number of hydrogen-bond donors (Lipinski definition) is 1. The van der Waals surface area contributed by atoms with Crippen molar-refractivity contribution in [1.29, 1.82) is 0 Å². The highest BCUT2D eigenvalue weighted by Gasteiger charge is 2.26. The Morgan fingerprint density at radius 3 is 2.24 bits per heavy atom. The molecule has 1 aliphatic carbocycles. The summed E-state index contributed by atoms with van der Waals surface area (Å²) < 4.78 is 34.7. The molecule has 1 aliphatic rings. The fraction of sp³-hybridized carbons (Fsp3) is 0.269. The van der Waals surface area contributed by atoms with Crippen LogP contribution in [0.3, 0.4) is 0 Å². The van der Waals surface area contributed by atoms with Crippen molar-refractivity contribution in [3.63, 3.8) is 0 Å². The maximum atomic E-state index is 13.6. The van der Waals surface area contributed by atoms with Gasteiger partial charge in [-0.3, -0.25) is 0 Å². The first-order chi connectivity index (χ1) is 16.6. The van der Waals surface area contributed by atoms with Crippen molar-refractivity contribution in [2.24, 2.45) is 5.92 Å². The van der Waals surface area contributed by atoms with Gasteiger partial charge in [0.05, 0.1) is 23.4 Å². The first-order valence-electron chi connectivity index (χ1n) is 11.3. The third-order valence-electron chi connectivity index (χ3n) is 6.28. The van der Waals surface area contributed by atoms with Crippen LogP contribution < -0.4 is 4.74 Å². The van der Waals surface area contributed by atoms with Crippen LogP contribution in [0.5, 0.6) is 11.8 Å². The summed E-state index contributed by atoms with van der Waals surface area (Å²) in [4.78, 5) is 13.5. The molecule has 0 saturated heterocycles. The van der Waals surface area contributed by atoms with Gasteiger partial charge in [-0.15, -0.1) is 0 Å². The molecule has 1 saturated carbocycles. The number of aliphatic hydroxyl groups is 1. The monoisotopic (exact) mass is 462 g/mol. The zero-order chi connectivity index (χ0) is 23.5. The second-order valence-electron chi connectivity index (χ2n) is 8.49. The molecule has 0 amide bonds. The van der Waals surface area contributed by atoms with Crippen LogP contribution in [0.1, 0.15) is 31.7 Å². The third-order valence-corrected chi connectivity index (χ3v) is 6.28. The molecule has 2 aromatic heterocycles. The van der Waals surface area contributed by atoms with Crippen LogP contribution in [-0.4, -0.2) is 31.2 Å².